The Labute approximate surface area is 182 Å². The van der Waals surface area contributed by atoms with Gasteiger partial charge in [-0.25, -0.2) is 0 Å². The number of carboxylic acids is 1. The number of amides is 1. The third-order valence-corrected chi connectivity index (χ3v) is 4.91. The van der Waals surface area contributed by atoms with Crippen LogP contribution in [0.15, 0.2) is 49.0 Å². The number of carboxylic acid groups (broad SMARTS) is 1. The van der Waals surface area contributed by atoms with Gasteiger partial charge in [0.15, 0.2) is 9.54 Å². The Kier molecular flexibility index (Phi) is 6.28. The van der Waals surface area contributed by atoms with E-state index < -0.39 is 5.97 Å². The van der Waals surface area contributed by atoms with Gasteiger partial charge in [-0.05, 0) is 66.4 Å². The minimum atomic E-state index is -0.948. The van der Waals surface area contributed by atoms with Crippen LogP contribution in [0.1, 0.15) is 15.9 Å². The normalized spacial score (nSPS) is 10.4. The number of nitrogens with zero attached hydrogens (tertiary/aromatic N) is 2. The van der Waals surface area contributed by atoms with Gasteiger partial charge in [0.05, 0.1) is 5.69 Å². The fraction of sp³-hybridized carbons (Fsp3) is 0.100. The summed E-state index contributed by atoms with van der Waals surface area (Å²) >= 11 is 10.4. The number of rotatable bonds is 7. The minimum absolute atomic E-state index is 0.164. The highest BCUT2D eigenvalue weighted by atomic mass is 32.1. The van der Waals surface area contributed by atoms with Gasteiger partial charge in [0.25, 0.3) is 5.91 Å². The lowest BCUT2D eigenvalue weighted by Gasteiger charge is -2.20. The van der Waals surface area contributed by atoms with Crippen LogP contribution in [-0.4, -0.2) is 45.3 Å². The van der Waals surface area contributed by atoms with Gasteiger partial charge in [-0.1, -0.05) is 18.7 Å². The minimum Gasteiger partial charge on any atom is -0.480 e. The number of hydrogen-bond donors (Lipinski definition) is 4. The maximum atomic E-state index is 12.8. The van der Waals surface area contributed by atoms with Crippen LogP contribution in [0.4, 0.5) is 11.4 Å². The lowest BCUT2D eigenvalue weighted by atomic mass is 10.1. The van der Waals surface area contributed by atoms with E-state index in [0.717, 1.165) is 0 Å². The van der Waals surface area contributed by atoms with E-state index in [0.29, 0.717) is 37.7 Å². The van der Waals surface area contributed by atoms with Crippen molar-refractivity contribution in [2.45, 2.75) is 0 Å². The quantitative estimate of drug-likeness (QED) is 0.413. The highest BCUT2D eigenvalue weighted by Gasteiger charge is 2.13. The molecule has 0 atom stereocenters. The Balaban J connectivity index is 1.85. The molecule has 3 rings (SSSR count). The van der Waals surface area contributed by atoms with Crippen LogP contribution in [0.25, 0.3) is 11.8 Å². The molecule has 0 radical (unpaired) electrons. The van der Waals surface area contributed by atoms with Gasteiger partial charge in [0.1, 0.15) is 6.54 Å². The summed E-state index contributed by atoms with van der Waals surface area (Å²) in [5.41, 5.74) is 3.02. The summed E-state index contributed by atoms with van der Waals surface area (Å²) in [6.45, 7) is 3.60. The van der Waals surface area contributed by atoms with E-state index in [1.807, 2.05) is 6.07 Å². The largest absolute Gasteiger partial charge is 0.480 e. The molecule has 0 unspecified atom stereocenters. The van der Waals surface area contributed by atoms with Gasteiger partial charge >= 0.3 is 5.97 Å². The van der Waals surface area contributed by atoms with Gasteiger partial charge in [0.2, 0.25) is 0 Å². The highest BCUT2D eigenvalue weighted by Crippen LogP contribution is 2.23. The molecule has 0 saturated heterocycles. The first kappa shape index (κ1) is 21.2. The number of aromatic nitrogens is 3. The van der Waals surface area contributed by atoms with Crippen molar-refractivity contribution in [1.82, 2.24) is 14.8 Å². The second-order valence-electron chi connectivity index (χ2n) is 6.43. The predicted octanol–water partition coefficient (Wildman–Crippen LogP) is 4.01. The van der Waals surface area contributed by atoms with Crippen molar-refractivity contribution in [2.24, 2.45) is 0 Å². The molecule has 3 aromatic rings. The first-order valence-electron chi connectivity index (χ1n) is 8.81. The lowest BCUT2D eigenvalue weighted by Crippen LogP contribution is -2.26. The molecule has 0 aliphatic rings. The molecule has 0 fully saturated rings. The number of hydrogen-bond acceptors (Lipinski definition) is 5. The number of carbonyl (C=O) groups is 2. The van der Waals surface area contributed by atoms with Crippen LogP contribution < -0.4 is 10.2 Å². The summed E-state index contributed by atoms with van der Waals surface area (Å²) in [5.74, 6) is -1.26. The zero-order valence-electron chi connectivity index (χ0n) is 16.0. The van der Waals surface area contributed by atoms with E-state index in [1.54, 1.807) is 59.0 Å². The van der Waals surface area contributed by atoms with Crippen molar-refractivity contribution in [1.29, 1.82) is 0 Å². The number of carbonyl (C=O) groups excluding carboxylic acids is 1. The molecular weight excluding hydrogens is 422 g/mol. The molecule has 0 spiro atoms. The standard InChI is InChI=1S/C20H19N5O3S2/c1-3-12-9-13(7-8-16(12)24(2)11-17(26)27)18(28)21-14-5-4-6-15(10-14)25-19(29)22-23-20(25)30/h3-10H,1,11H2,2H3,(H,21,28)(H,22,29)(H,23,30)(H,26,27). The summed E-state index contributed by atoms with van der Waals surface area (Å²) in [4.78, 5) is 25.3. The van der Waals surface area contributed by atoms with Crippen molar-refractivity contribution in [3.05, 3.63) is 69.7 Å². The molecular formula is C20H19N5O3S2. The van der Waals surface area contributed by atoms with Crippen LogP contribution in [0.2, 0.25) is 0 Å². The third kappa shape index (κ3) is 4.56. The van der Waals surface area contributed by atoms with Crippen LogP contribution in [0, 0.1) is 9.54 Å². The number of likely N-dealkylation sites (N-methyl/N-ethyl adjacent to an activating group) is 1. The summed E-state index contributed by atoms with van der Waals surface area (Å²) < 4.78 is 2.48. The summed E-state index contributed by atoms with van der Waals surface area (Å²) in [5, 5.41) is 17.4. The molecule has 0 saturated carbocycles. The summed E-state index contributed by atoms with van der Waals surface area (Å²) in [7, 11) is 1.67. The molecule has 2 aromatic carbocycles. The Bertz CT molecular complexity index is 1210. The fourth-order valence-electron chi connectivity index (χ4n) is 2.97. The molecule has 1 heterocycles. The van der Waals surface area contributed by atoms with Gasteiger partial charge in [-0.15, -0.1) is 0 Å². The van der Waals surface area contributed by atoms with Crippen molar-refractivity contribution in [3.63, 3.8) is 0 Å². The molecule has 10 heteroatoms. The highest BCUT2D eigenvalue weighted by molar-refractivity contribution is 7.72. The smallest absolute Gasteiger partial charge is 0.323 e. The molecule has 4 N–H and O–H groups in total. The molecule has 154 valence electrons. The molecule has 0 aliphatic carbocycles. The number of H-pyrrole nitrogens is 2. The summed E-state index contributed by atoms with van der Waals surface area (Å²) in [6.07, 6.45) is 1.58. The number of aromatic amines is 2. The Morgan fingerprint density at radius 3 is 2.53 bits per heavy atom. The van der Waals surface area contributed by atoms with Gasteiger partial charge in [-0.2, -0.15) is 0 Å². The molecule has 30 heavy (non-hydrogen) atoms. The van der Waals surface area contributed by atoms with Gasteiger partial charge in [-0.3, -0.25) is 24.4 Å². The van der Waals surface area contributed by atoms with E-state index in [1.165, 1.54) is 0 Å². The Morgan fingerprint density at radius 1 is 1.20 bits per heavy atom. The predicted molar refractivity (Wildman–Crippen MR) is 122 cm³/mol. The molecule has 0 aliphatic heterocycles. The fourth-order valence-corrected chi connectivity index (χ4v) is 3.52. The van der Waals surface area contributed by atoms with Crippen LogP contribution in [0.5, 0.6) is 0 Å². The van der Waals surface area contributed by atoms with E-state index in [2.05, 4.69) is 22.1 Å². The zero-order chi connectivity index (χ0) is 21.8. The average Bonchev–Trinajstić information content (AvgIpc) is 3.05. The number of nitrogens with one attached hydrogen (secondary N) is 3. The van der Waals surface area contributed by atoms with E-state index in [9.17, 15) is 9.59 Å². The monoisotopic (exact) mass is 441 g/mol. The number of anilines is 2. The number of aliphatic carboxylic acids is 1. The first-order chi connectivity index (χ1) is 14.3. The molecule has 1 amide bonds. The topological polar surface area (TPSA) is 106 Å². The Morgan fingerprint density at radius 2 is 1.90 bits per heavy atom. The maximum Gasteiger partial charge on any atom is 0.323 e. The van der Waals surface area contributed by atoms with Gasteiger partial charge in [0, 0.05) is 24.0 Å². The second kappa shape index (κ2) is 8.89. The first-order valence-corrected chi connectivity index (χ1v) is 9.62. The van der Waals surface area contributed by atoms with Crippen LogP contribution in [-0.2, 0) is 4.79 Å². The number of benzene rings is 2. The van der Waals surface area contributed by atoms with Gasteiger partial charge < -0.3 is 15.3 Å². The Hall–Kier alpha value is -3.50. The third-order valence-electron chi connectivity index (χ3n) is 4.34. The maximum absolute atomic E-state index is 12.8. The zero-order valence-corrected chi connectivity index (χ0v) is 17.6. The van der Waals surface area contributed by atoms with Crippen molar-refractivity contribution in [3.8, 4) is 5.69 Å². The second-order valence-corrected chi connectivity index (χ2v) is 7.20. The van der Waals surface area contributed by atoms with E-state index >= 15 is 0 Å². The van der Waals surface area contributed by atoms with Crippen LogP contribution >= 0.6 is 24.4 Å². The van der Waals surface area contributed by atoms with Crippen LogP contribution in [0.3, 0.4) is 0 Å². The van der Waals surface area contributed by atoms with E-state index in [-0.39, 0.29) is 12.5 Å². The van der Waals surface area contributed by atoms with Crippen molar-refractivity contribution < 1.29 is 14.7 Å². The van der Waals surface area contributed by atoms with E-state index in [4.69, 9.17) is 29.5 Å². The average molecular weight is 442 g/mol. The molecule has 0 bridgehead atoms. The SMILES string of the molecule is C=Cc1cc(C(=O)Nc2cccc(-n3c(=S)[nH][nH]c3=S)c2)ccc1N(C)CC(=O)O. The van der Waals surface area contributed by atoms with Crippen molar-refractivity contribution >= 4 is 53.8 Å². The molecule has 1 aromatic heterocycles. The molecule has 8 nitrogen and oxygen atoms in total. The van der Waals surface area contributed by atoms with Crippen molar-refractivity contribution in [2.75, 3.05) is 23.8 Å². The lowest BCUT2D eigenvalue weighted by molar-refractivity contribution is -0.135. The summed E-state index contributed by atoms with van der Waals surface area (Å²) in [6, 6.07) is 12.1.